The van der Waals surface area contributed by atoms with Gasteiger partial charge < -0.3 is 90.4 Å². The molecule has 2 saturated heterocycles. The van der Waals surface area contributed by atoms with Gasteiger partial charge in [-0.3, -0.25) is 0 Å². The minimum absolute atomic E-state index is 0.326. The summed E-state index contributed by atoms with van der Waals surface area (Å²) in [5, 5.41) is 138. The third-order valence-corrected chi connectivity index (χ3v) is 8.58. The van der Waals surface area contributed by atoms with Gasteiger partial charge in [0.15, 0.2) is 12.6 Å². The fourth-order valence-electron chi connectivity index (χ4n) is 5.12. The van der Waals surface area contributed by atoms with Crippen LogP contribution < -0.4 is 0 Å². The smallest absolute Gasteiger partial charge is 0.187 e. The van der Waals surface area contributed by atoms with Crippen LogP contribution in [0.3, 0.4) is 0 Å². The van der Waals surface area contributed by atoms with E-state index in [-0.39, 0.29) is 11.8 Å². The van der Waals surface area contributed by atoms with Crippen LogP contribution in [0.4, 0.5) is 0 Å². The van der Waals surface area contributed by atoms with Crippen LogP contribution in [0.2, 0.25) is 0 Å². The molecule has 2 heterocycles. The molecule has 0 aromatic carbocycles. The maximum Gasteiger partial charge on any atom is 0.187 e. The lowest BCUT2D eigenvalue weighted by atomic mass is 9.94. The van der Waals surface area contributed by atoms with Crippen molar-refractivity contribution >= 4 is 0 Å². The Hall–Kier alpha value is -0.720. The van der Waals surface area contributed by atoms with E-state index in [1.54, 1.807) is 41.5 Å². The monoisotopic (exact) mass is 708 g/mol. The predicted octanol–water partition coefficient (Wildman–Crippen LogP) is -5.36. The number of ether oxygens (including phenoxy) is 4. The molecule has 0 aromatic rings. The summed E-state index contributed by atoms with van der Waals surface area (Å²) in [7, 11) is 0. The van der Waals surface area contributed by atoms with E-state index >= 15 is 0 Å². The highest BCUT2D eigenvalue weighted by atomic mass is 16.7. The number of hydrogen-bond acceptors (Lipinski definition) is 18. The van der Waals surface area contributed by atoms with E-state index in [0.29, 0.717) is 12.8 Å². The average molecular weight is 709 g/mol. The van der Waals surface area contributed by atoms with Crippen molar-refractivity contribution in [3.8, 4) is 0 Å². The molecule has 0 bridgehead atoms. The summed E-state index contributed by atoms with van der Waals surface area (Å²) in [5.74, 6) is -0.682. The van der Waals surface area contributed by atoms with Crippen LogP contribution >= 0.6 is 0 Å². The summed E-state index contributed by atoms with van der Waals surface area (Å²) in [6.07, 6.45) is -24.2. The van der Waals surface area contributed by atoms with Gasteiger partial charge in [-0.2, -0.15) is 0 Å². The van der Waals surface area contributed by atoms with Gasteiger partial charge in [-0.15, -0.1) is 0 Å². The van der Waals surface area contributed by atoms with Gasteiger partial charge in [0.1, 0.15) is 73.2 Å². The second kappa shape index (κ2) is 21.0. The van der Waals surface area contributed by atoms with Crippen molar-refractivity contribution in [2.75, 3.05) is 13.2 Å². The number of hydrogen-bond donors (Lipinski definition) is 14. The summed E-state index contributed by atoms with van der Waals surface area (Å²) in [6, 6.07) is 0. The first-order valence-electron chi connectivity index (χ1n) is 16.3. The Morgan fingerprint density at radius 1 is 0.521 bits per heavy atom. The lowest BCUT2D eigenvalue weighted by Crippen LogP contribution is -2.60. The van der Waals surface area contributed by atoms with Crippen LogP contribution in [-0.2, 0) is 18.9 Å². The molecule has 2 fully saturated rings. The van der Waals surface area contributed by atoms with Crippen LogP contribution in [0.5, 0.6) is 0 Å². The van der Waals surface area contributed by atoms with Crippen molar-refractivity contribution in [3.63, 3.8) is 0 Å². The maximum absolute atomic E-state index is 10.2. The normalized spacial score (nSPS) is 36.4. The van der Waals surface area contributed by atoms with Crippen molar-refractivity contribution in [1.82, 2.24) is 0 Å². The van der Waals surface area contributed by atoms with Crippen molar-refractivity contribution in [3.05, 3.63) is 0 Å². The van der Waals surface area contributed by atoms with E-state index in [4.69, 9.17) is 24.1 Å². The standard InChI is InChI=1S/2C15H30O9/c1-4-8-10(19)11(20)13(22)15(23-8)24-14(7(17)5-16)12(21)9(18)6(2)3;1-4-8-11(19)13(21)14(22)15(24-8)23-5-7(16)10(18)12(20)9(17)6(2)3/h2*6-22H,4-5H2,1-3H3/t7-,8-,9+,10+,11+,12-,13-,14-,15?;7-,8-,9+,10-,11+,12-,13+,14-,15?/m11/s1. The van der Waals surface area contributed by atoms with Crippen LogP contribution in [0.25, 0.3) is 0 Å². The van der Waals surface area contributed by atoms with Gasteiger partial charge in [-0.05, 0) is 24.7 Å². The molecule has 0 aliphatic carbocycles. The van der Waals surface area contributed by atoms with Crippen molar-refractivity contribution < 1.29 is 90.4 Å². The first-order chi connectivity index (χ1) is 22.3. The molecule has 2 unspecified atom stereocenters. The zero-order valence-corrected chi connectivity index (χ0v) is 28.3. The van der Waals surface area contributed by atoms with Crippen LogP contribution in [0.1, 0.15) is 54.4 Å². The Labute approximate surface area is 280 Å². The highest BCUT2D eigenvalue weighted by Crippen LogP contribution is 2.27. The van der Waals surface area contributed by atoms with E-state index < -0.39 is 123 Å². The molecule has 0 amide bonds. The molecule has 0 aromatic heterocycles. The molecule has 48 heavy (non-hydrogen) atoms. The first-order valence-corrected chi connectivity index (χ1v) is 16.3. The lowest BCUT2D eigenvalue weighted by molar-refractivity contribution is -0.324. The number of aliphatic hydroxyl groups is 14. The third kappa shape index (κ3) is 11.9. The second-order valence-corrected chi connectivity index (χ2v) is 13.0. The minimum atomic E-state index is -1.67. The molecule has 2 rings (SSSR count). The molecule has 18 heteroatoms. The quantitative estimate of drug-likeness (QED) is 0.0711. The van der Waals surface area contributed by atoms with Gasteiger partial charge in [0.2, 0.25) is 0 Å². The highest BCUT2D eigenvalue weighted by molar-refractivity contribution is 4.92. The Balaban J connectivity index is 0.000000480. The van der Waals surface area contributed by atoms with E-state index in [0.717, 1.165) is 0 Å². The number of rotatable bonds is 16. The van der Waals surface area contributed by atoms with E-state index in [1.807, 2.05) is 0 Å². The molecule has 18 atom stereocenters. The van der Waals surface area contributed by atoms with Crippen molar-refractivity contribution in [1.29, 1.82) is 0 Å². The maximum atomic E-state index is 10.2. The summed E-state index contributed by atoms with van der Waals surface area (Å²) in [5.41, 5.74) is 0. The van der Waals surface area contributed by atoms with Crippen LogP contribution in [0, 0.1) is 11.8 Å². The van der Waals surface area contributed by atoms with Gasteiger partial charge in [-0.25, -0.2) is 0 Å². The van der Waals surface area contributed by atoms with Crippen LogP contribution in [-0.4, -0.2) is 195 Å². The predicted molar refractivity (Wildman–Crippen MR) is 164 cm³/mol. The summed E-state index contributed by atoms with van der Waals surface area (Å²) >= 11 is 0. The molecular formula is C30H60O18. The lowest BCUT2D eigenvalue weighted by Gasteiger charge is -2.42. The average Bonchev–Trinajstić information content (AvgIpc) is 3.06. The SMILES string of the molecule is CC[C@H]1OC(OC[C@@H](O)[C@@H](O)[C@H](O)[C@@H](O)C(C)C)[C@H](O)[C@@H](O)[C@H]1O.CC[C@H]1OC(O[C@@H]([C@H](O)[C@@H](O)C(C)C)[C@H](O)CO)[C@H](O)[C@@H](O)[C@H]1O. The van der Waals surface area contributed by atoms with Gasteiger partial charge in [-0.1, -0.05) is 41.5 Å². The molecular weight excluding hydrogens is 648 g/mol. The van der Waals surface area contributed by atoms with Crippen LogP contribution in [0.15, 0.2) is 0 Å². The summed E-state index contributed by atoms with van der Waals surface area (Å²) in [6.45, 7) is 8.75. The summed E-state index contributed by atoms with van der Waals surface area (Å²) < 4.78 is 21.2. The summed E-state index contributed by atoms with van der Waals surface area (Å²) in [4.78, 5) is 0. The van der Waals surface area contributed by atoms with Gasteiger partial charge >= 0.3 is 0 Å². The zero-order chi connectivity index (χ0) is 37.2. The first kappa shape index (κ1) is 45.3. The Bertz CT molecular complexity index is 866. The van der Waals surface area contributed by atoms with Gasteiger partial charge in [0, 0.05) is 0 Å². The van der Waals surface area contributed by atoms with Crippen molar-refractivity contribution in [2.45, 2.75) is 165 Å². The molecule has 18 nitrogen and oxygen atoms in total. The molecule has 288 valence electrons. The van der Waals surface area contributed by atoms with Gasteiger partial charge in [0.05, 0.1) is 37.6 Å². The van der Waals surface area contributed by atoms with E-state index in [1.165, 1.54) is 0 Å². The Morgan fingerprint density at radius 3 is 1.35 bits per heavy atom. The van der Waals surface area contributed by atoms with Gasteiger partial charge in [0.25, 0.3) is 0 Å². The molecule has 0 spiro atoms. The second-order valence-electron chi connectivity index (χ2n) is 13.0. The molecule has 2 aliphatic rings. The Kier molecular flexibility index (Phi) is 19.8. The van der Waals surface area contributed by atoms with E-state index in [2.05, 4.69) is 0 Å². The minimum Gasteiger partial charge on any atom is -0.394 e. The van der Waals surface area contributed by atoms with Crippen molar-refractivity contribution in [2.24, 2.45) is 11.8 Å². The largest absolute Gasteiger partial charge is 0.394 e. The fraction of sp³-hybridized carbons (Fsp3) is 1.00. The van der Waals surface area contributed by atoms with E-state index in [9.17, 15) is 66.4 Å². The fourth-order valence-corrected chi connectivity index (χ4v) is 5.12. The molecule has 0 radical (unpaired) electrons. The topological polar surface area (TPSA) is 320 Å². The number of aliphatic hydroxyl groups excluding tert-OH is 14. The molecule has 14 N–H and O–H groups in total. The highest BCUT2D eigenvalue weighted by Gasteiger charge is 2.47. The molecule has 2 aliphatic heterocycles. The Morgan fingerprint density at radius 2 is 0.938 bits per heavy atom. The third-order valence-electron chi connectivity index (χ3n) is 8.58. The molecule has 0 saturated carbocycles. The zero-order valence-electron chi connectivity index (χ0n) is 28.3.